The lowest BCUT2D eigenvalue weighted by Gasteiger charge is -2.40. The Morgan fingerprint density at radius 3 is 2.22 bits per heavy atom. The number of nitrogens with zero attached hydrogens (tertiary/aromatic N) is 3. The van der Waals surface area contributed by atoms with Crippen molar-refractivity contribution in [2.45, 2.75) is 25.0 Å². The summed E-state index contributed by atoms with van der Waals surface area (Å²) in [6, 6.07) is 28.0. The van der Waals surface area contributed by atoms with Crippen molar-refractivity contribution in [3.8, 4) is 5.75 Å². The smallest absolute Gasteiger partial charge is 0.128 e. The quantitative estimate of drug-likeness (QED) is 0.442. The van der Waals surface area contributed by atoms with Crippen LogP contribution in [0.3, 0.4) is 0 Å². The summed E-state index contributed by atoms with van der Waals surface area (Å²) in [6.07, 6.45) is 3.45. The standard InChI is InChI=1S/C31H33N3O2/c35-25(22-36-30-13-5-12-29-28(30)11-6-16-32-29)21-33-17-19-34(20-18-33)31-26-9-3-1-7-23(26)14-15-24-8-2-4-10-27(24)31/h1-13,16,25,31,35H,14-15,17-22H2/t25-/m0/s1. The maximum absolute atomic E-state index is 10.8. The van der Waals surface area contributed by atoms with Gasteiger partial charge < -0.3 is 9.84 Å². The van der Waals surface area contributed by atoms with E-state index in [0.29, 0.717) is 12.6 Å². The lowest BCUT2D eigenvalue weighted by atomic mass is 9.92. The molecule has 1 atom stereocenters. The van der Waals surface area contributed by atoms with Gasteiger partial charge in [-0.1, -0.05) is 54.6 Å². The number of β-amino-alcohol motifs (C(OH)–C–C–N with tert-alkyl or cyclic N) is 1. The Kier molecular flexibility index (Phi) is 6.69. The van der Waals surface area contributed by atoms with Crippen LogP contribution in [0.15, 0.2) is 85.1 Å². The molecule has 5 heteroatoms. The largest absolute Gasteiger partial charge is 0.490 e. The second-order valence-electron chi connectivity index (χ2n) is 9.93. The molecule has 1 N–H and O–H groups in total. The number of aliphatic hydroxyl groups is 1. The van der Waals surface area contributed by atoms with Crippen LogP contribution in [0, 0.1) is 0 Å². The van der Waals surface area contributed by atoms with E-state index < -0.39 is 6.10 Å². The first-order valence-electron chi connectivity index (χ1n) is 13.0. The van der Waals surface area contributed by atoms with Crippen LogP contribution in [0.2, 0.25) is 0 Å². The number of aromatic nitrogens is 1. The van der Waals surface area contributed by atoms with Gasteiger partial charge in [0.05, 0.1) is 11.6 Å². The molecule has 1 saturated heterocycles. The predicted octanol–water partition coefficient (Wildman–Crippen LogP) is 4.48. The summed E-state index contributed by atoms with van der Waals surface area (Å²) in [7, 11) is 0. The predicted molar refractivity (Wildman–Crippen MR) is 143 cm³/mol. The first kappa shape index (κ1) is 23.2. The highest BCUT2D eigenvalue weighted by Crippen LogP contribution is 2.37. The summed E-state index contributed by atoms with van der Waals surface area (Å²) in [5.74, 6) is 0.773. The van der Waals surface area contributed by atoms with Crippen molar-refractivity contribution < 1.29 is 9.84 Å². The maximum Gasteiger partial charge on any atom is 0.128 e. The van der Waals surface area contributed by atoms with Gasteiger partial charge in [-0.2, -0.15) is 0 Å². The van der Waals surface area contributed by atoms with E-state index in [0.717, 1.165) is 55.7 Å². The molecule has 5 nitrogen and oxygen atoms in total. The number of aryl methyl sites for hydroxylation is 2. The third-order valence-electron chi connectivity index (χ3n) is 7.64. The van der Waals surface area contributed by atoms with Crippen molar-refractivity contribution in [2.75, 3.05) is 39.3 Å². The molecule has 0 radical (unpaired) electrons. The van der Waals surface area contributed by atoms with Crippen molar-refractivity contribution in [2.24, 2.45) is 0 Å². The first-order chi connectivity index (χ1) is 17.8. The average molecular weight is 480 g/mol. The molecular formula is C31H33N3O2. The maximum atomic E-state index is 10.8. The Morgan fingerprint density at radius 1 is 0.806 bits per heavy atom. The minimum absolute atomic E-state index is 0.275. The van der Waals surface area contributed by atoms with Crippen molar-refractivity contribution in [3.63, 3.8) is 0 Å². The molecule has 0 spiro atoms. The number of ether oxygens (including phenoxy) is 1. The summed E-state index contributed by atoms with van der Waals surface area (Å²) in [6.45, 7) is 4.74. The van der Waals surface area contributed by atoms with E-state index in [4.69, 9.17) is 4.74 Å². The van der Waals surface area contributed by atoms with Gasteiger partial charge in [0.2, 0.25) is 0 Å². The van der Waals surface area contributed by atoms with E-state index in [2.05, 4.69) is 63.3 Å². The van der Waals surface area contributed by atoms with Crippen LogP contribution in [0.25, 0.3) is 10.9 Å². The van der Waals surface area contributed by atoms with Gasteiger partial charge in [-0.25, -0.2) is 0 Å². The molecule has 0 amide bonds. The topological polar surface area (TPSA) is 48.8 Å². The molecule has 1 aliphatic heterocycles. The highest BCUT2D eigenvalue weighted by molar-refractivity contribution is 5.84. The van der Waals surface area contributed by atoms with Crippen LogP contribution < -0.4 is 4.74 Å². The highest BCUT2D eigenvalue weighted by atomic mass is 16.5. The zero-order valence-electron chi connectivity index (χ0n) is 20.6. The van der Waals surface area contributed by atoms with Crippen molar-refractivity contribution in [1.29, 1.82) is 0 Å². The van der Waals surface area contributed by atoms with Crippen molar-refractivity contribution >= 4 is 10.9 Å². The van der Waals surface area contributed by atoms with E-state index in [9.17, 15) is 5.11 Å². The van der Waals surface area contributed by atoms with Gasteiger partial charge in [0.15, 0.2) is 0 Å². The molecule has 1 fully saturated rings. The fraction of sp³-hybridized carbons (Fsp3) is 0.323. The lowest BCUT2D eigenvalue weighted by Crippen LogP contribution is -2.50. The van der Waals surface area contributed by atoms with Gasteiger partial charge in [0, 0.05) is 44.3 Å². The lowest BCUT2D eigenvalue weighted by molar-refractivity contribution is 0.0403. The van der Waals surface area contributed by atoms with Gasteiger partial charge in [-0.05, 0) is 59.4 Å². The van der Waals surface area contributed by atoms with Gasteiger partial charge in [-0.15, -0.1) is 0 Å². The Morgan fingerprint density at radius 2 is 1.50 bits per heavy atom. The highest BCUT2D eigenvalue weighted by Gasteiger charge is 2.31. The Labute approximate surface area is 213 Å². The van der Waals surface area contributed by atoms with Crippen LogP contribution >= 0.6 is 0 Å². The SMILES string of the molecule is O[C@H](COc1cccc2ncccc12)CN1CCN(C2c3ccccc3CCc3ccccc32)CC1. The summed E-state index contributed by atoms with van der Waals surface area (Å²) in [4.78, 5) is 9.38. The Hall–Kier alpha value is -3.25. The third-order valence-corrected chi connectivity index (χ3v) is 7.64. The summed E-state index contributed by atoms with van der Waals surface area (Å²) < 4.78 is 6.00. The van der Waals surface area contributed by atoms with Crippen LogP contribution in [0.5, 0.6) is 5.75 Å². The number of hydrogen-bond acceptors (Lipinski definition) is 5. The molecule has 0 unspecified atom stereocenters. The van der Waals surface area contributed by atoms with Crippen molar-refractivity contribution in [1.82, 2.24) is 14.8 Å². The monoisotopic (exact) mass is 479 g/mol. The fourth-order valence-corrected chi connectivity index (χ4v) is 5.83. The first-order valence-corrected chi connectivity index (χ1v) is 13.0. The van der Waals surface area contributed by atoms with Crippen LogP contribution in [0.4, 0.5) is 0 Å². The number of aliphatic hydroxyl groups excluding tert-OH is 1. The van der Waals surface area contributed by atoms with E-state index >= 15 is 0 Å². The second-order valence-corrected chi connectivity index (χ2v) is 9.93. The van der Waals surface area contributed by atoms with Gasteiger partial charge in [0.25, 0.3) is 0 Å². The molecule has 6 rings (SSSR count). The summed E-state index contributed by atoms with van der Waals surface area (Å²) in [5, 5.41) is 11.7. The summed E-state index contributed by atoms with van der Waals surface area (Å²) in [5.41, 5.74) is 6.75. The van der Waals surface area contributed by atoms with Crippen molar-refractivity contribution in [3.05, 3.63) is 107 Å². The third kappa shape index (κ3) is 4.74. The number of fused-ring (bicyclic) bond motifs is 3. The average Bonchev–Trinajstić information content (AvgIpc) is 3.09. The van der Waals surface area contributed by atoms with E-state index in [1.165, 1.54) is 22.3 Å². The molecule has 0 bridgehead atoms. The number of piperazine rings is 1. The normalized spacial score (nSPS) is 17.8. The molecule has 36 heavy (non-hydrogen) atoms. The molecule has 2 aliphatic rings. The molecule has 2 heterocycles. The molecular weight excluding hydrogens is 446 g/mol. The van der Waals surface area contributed by atoms with Gasteiger partial charge in [0.1, 0.15) is 18.5 Å². The Balaban J connectivity index is 1.10. The minimum atomic E-state index is -0.539. The van der Waals surface area contributed by atoms with Gasteiger partial charge in [-0.3, -0.25) is 14.8 Å². The van der Waals surface area contributed by atoms with E-state index in [-0.39, 0.29) is 6.61 Å². The zero-order chi connectivity index (χ0) is 24.3. The zero-order valence-corrected chi connectivity index (χ0v) is 20.6. The molecule has 1 aromatic heterocycles. The molecule has 4 aromatic rings. The molecule has 3 aromatic carbocycles. The number of hydrogen-bond donors (Lipinski definition) is 1. The molecule has 184 valence electrons. The van der Waals surface area contributed by atoms with E-state index in [1.54, 1.807) is 6.20 Å². The fourth-order valence-electron chi connectivity index (χ4n) is 5.83. The summed E-state index contributed by atoms with van der Waals surface area (Å²) >= 11 is 0. The number of pyridine rings is 1. The van der Waals surface area contributed by atoms with Gasteiger partial charge >= 0.3 is 0 Å². The van der Waals surface area contributed by atoms with Crippen LogP contribution in [-0.2, 0) is 12.8 Å². The van der Waals surface area contributed by atoms with E-state index in [1.807, 2.05) is 30.3 Å². The van der Waals surface area contributed by atoms with Crippen LogP contribution in [0.1, 0.15) is 28.3 Å². The second kappa shape index (κ2) is 10.4. The number of benzene rings is 3. The molecule has 0 saturated carbocycles. The minimum Gasteiger partial charge on any atom is -0.490 e. The van der Waals surface area contributed by atoms with Crippen LogP contribution in [-0.4, -0.2) is 65.3 Å². The number of rotatable bonds is 6. The molecule has 1 aliphatic carbocycles. The Bertz CT molecular complexity index is 1280.